The minimum absolute atomic E-state index is 0.0669. The lowest BCUT2D eigenvalue weighted by Crippen LogP contribution is -2.26. The number of nitrogens with two attached hydrogens (primary N) is 1. The molecule has 3 N–H and O–H groups in total. The molecule has 0 saturated carbocycles. The van der Waals surface area contributed by atoms with Crippen molar-refractivity contribution in [2.24, 2.45) is 0 Å². The van der Waals surface area contributed by atoms with Crippen LogP contribution < -0.4 is 11.1 Å². The third-order valence-corrected chi connectivity index (χ3v) is 3.25. The molecule has 0 aliphatic carbocycles. The summed E-state index contributed by atoms with van der Waals surface area (Å²) < 4.78 is 5.45. The van der Waals surface area contributed by atoms with Crippen molar-refractivity contribution in [1.29, 1.82) is 0 Å². The number of aryl methyl sites for hydroxylation is 2. The molecule has 0 radical (unpaired) electrons. The Hall–Kier alpha value is -1.55. The fourth-order valence-electron chi connectivity index (χ4n) is 1.93. The van der Waals surface area contributed by atoms with Crippen LogP contribution in [-0.2, 0) is 4.74 Å². The maximum absolute atomic E-state index is 12.1. The van der Waals surface area contributed by atoms with Crippen molar-refractivity contribution in [2.75, 3.05) is 25.5 Å². The van der Waals surface area contributed by atoms with Crippen molar-refractivity contribution in [3.05, 3.63) is 28.8 Å². The van der Waals surface area contributed by atoms with E-state index in [0.717, 1.165) is 37.0 Å². The highest BCUT2D eigenvalue weighted by atomic mass is 16.5. The van der Waals surface area contributed by atoms with Gasteiger partial charge in [-0.2, -0.15) is 0 Å². The Kier molecular flexibility index (Phi) is 7.09. The van der Waals surface area contributed by atoms with Gasteiger partial charge in [-0.1, -0.05) is 19.4 Å². The number of nitrogen functional groups attached to an aromatic ring is 1. The quantitative estimate of drug-likeness (QED) is 0.567. The van der Waals surface area contributed by atoms with Crippen LogP contribution in [0.5, 0.6) is 0 Å². The maximum atomic E-state index is 12.1. The van der Waals surface area contributed by atoms with Gasteiger partial charge in [0.05, 0.1) is 0 Å². The normalized spacial score (nSPS) is 10.6. The molecule has 1 aromatic carbocycles. The van der Waals surface area contributed by atoms with Crippen LogP contribution in [0.3, 0.4) is 0 Å². The molecule has 112 valence electrons. The van der Waals surface area contributed by atoms with Gasteiger partial charge in [-0.15, -0.1) is 0 Å². The average molecular weight is 278 g/mol. The molecule has 1 rings (SSSR count). The summed E-state index contributed by atoms with van der Waals surface area (Å²) in [7, 11) is 0. The molecule has 4 heteroatoms. The van der Waals surface area contributed by atoms with Crippen molar-refractivity contribution < 1.29 is 9.53 Å². The van der Waals surface area contributed by atoms with Crippen molar-refractivity contribution in [2.45, 2.75) is 40.0 Å². The van der Waals surface area contributed by atoms with Gasteiger partial charge >= 0.3 is 0 Å². The van der Waals surface area contributed by atoms with Crippen molar-refractivity contribution >= 4 is 11.6 Å². The number of hydrogen-bond donors (Lipinski definition) is 2. The number of amides is 1. The number of hydrogen-bond acceptors (Lipinski definition) is 3. The third kappa shape index (κ3) is 5.21. The van der Waals surface area contributed by atoms with Gasteiger partial charge in [-0.25, -0.2) is 0 Å². The molecule has 0 aromatic heterocycles. The van der Waals surface area contributed by atoms with Gasteiger partial charge < -0.3 is 15.8 Å². The average Bonchev–Trinajstić information content (AvgIpc) is 2.41. The summed E-state index contributed by atoms with van der Waals surface area (Å²) in [5.74, 6) is -0.0669. The Morgan fingerprint density at radius 1 is 1.20 bits per heavy atom. The molecule has 0 bridgehead atoms. The lowest BCUT2D eigenvalue weighted by molar-refractivity contribution is 0.0940. The number of benzene rings is 1. The number of carbonyl (C=O) groups excluding carboxylic acids is 1. The zero-order valence-corrected chi connectivity index (χ0v) is 12.8. The number of rotatable bonds is 8. The predicted octanol–water partition coefficient (Wildman–Crippen LogP) is 2.82. The van der Waals surface area contributed by atoms with E-state index in [2.05, 4.69) is 12.2 Å². The van der Waals surface area contributed by atoms with Gasteiger partial charge in [-0.3, -0.25) is 4.79 Å². The summed E-state index contributed by atoms with van der Waals surface area (Å²) in [6.45, 7) is 8.12. The van der Waals surface area contributed by atoms with E-state index in [0.29, 0.717) is 24.4 Å². The minimum atomic E-state index is -0.0669. The molecule has 1 aromatic rings. The summed E-state index contributed by atoms with van der Waals surface area (Å²) in [6, 6.07) is 3.69. The molecule has 0 aliphatic rings. The van der Waals surface area contributed by atoms with Gasteiger partial charge in [0.1, 0.15) is 0 Å². The second kappa shape index (κ2) is 8.59. The zero-order chi connectivity index (χ0) is 15.0. The molecule has 20 heavy (non-hydrogen) atoms. The van der Waals surface area contributed by atoms with Gasteiger partial charge in [0.15, 0.2) is 0 Å². The number of unbranched alkanes of at least 4 members (excludes halogenated alkanes) is 1. The topological polar surface area (TPSA) is 64.3 Å². The number of nitrogens with one attached hydrogen (secondary N) is 1. The van der Waals surface area contributed by atoms with Gasteiger partial charge in [-0.05, 0) is 43.9 Å². The fraction of sp³-hybridized carbons (Fsp3) is 0.562. The highest BCUT2D eigenvalue weighted by Gasteiger charge is 2.10. The Bertz CT molecular complexity index is 444. The predicted molar refractivity (Wildman–Crippen MR) is 83.0 cm³/mol. The summed E-state index contributed by atoms with van der Waals surface area (Å²) in [5, 5.41) is 2.90. The molecule has 0 heterocycles. The summed E-state index contributed by atoms with van der Waals surface area (Å²) in [4.78, 5) is 12.1. The molecule has 0 aliphatic heterocycles. The van der Waals surface area contributed by atoms with E-state index in [1.807, 2.05) is 19.9 Å². The van der Waals surface area contributed by atoms with E-state index in [9.17, 15) is 4.79 Å². The first-order valence-corrected chi connectivity index (χ1v) is 7.29. The van der Waals surface area contributed by atoms with E-state index in [-0.39, 0.29) is 5.91 Å². The molecule has 0 fully saturated rings. The lowest BCUT2D eigenvalue weighted by Gasteiger charge is -2.10. The maximum Gasteiger partial charge on any atom is 0.251 e. The third-order valence-electron chi connectivity index (χ3n) is 3.25. The largest absolute Gasteiger partial charge is 0.398 e. The highest BCUT2D eigenvalue weighted by Crippen LogP contribution is 2.17. The van der Waals surface area contributed by atoms with Crippen molar-refractivity contribution in [3.63, 3.8) is 0 Å². The highest BCUT2D eigenvalue weighted by molar-refractivity contribution is 5.96. The SMILES string of the molecule is CCCCOCCCNC(=O)c1cc(N)c(C)cc1C. The number of anilines is 1. The van der Waals surface area contributed by atoms with Crippen LogP contribution in [-0.4, -0.2) is 25.7 Å². The summed E-state index contributed by atoms with van der Waals surface area (Å²) in [5.41, 5.74) is 9.11. The zero-order valence-electron chi connectivity index (χ0n) is 12.8. The number of carbonyl (C=O) groups is 1. The Morgan fingerprint density at radius 2 is 1.90 bits per heavy atom. The molecule has 4 nitrogen and oxygen atoms in total. The van der Waals surface area contributed by atoms with Crippen LogP contribution in [0, 0.1) is 13.8 Å². The van der Waals surface area contributed by atoms with E-state index >= 15 is 0 Å². The second-order valence-corrected chi connectivity index (χ2v) is 5.10. The Balaban J connectivity index is 2.34. The minimum Gasteiger partial charge on any atom is -0.398 e. The van der Waals surface area contributed by atoms with Crippen molar-refractivity contribution in [1.82, 2.24) is 5.32 Å². The second-order valence-electron chi connectivity index (χ2n) is 5.10. The summed E-state index contributed by atoms with van der Waals surface area (Å²) in [6.07, 6.45) is 3.06. The molecule has 0 spiro atoms. The smallest absolute Gasteiger partial charge is 0.251 e. The van der Waals surface area contributed by atoms with Gasteiger partial charge in [0, 0.05) is 31.0 Å². The first-order valence-electron chi connectivity index (χ1n) is 7.29. The van der Waals surface area contributed by atoms with Crippen LogP contribution in [0.2, 0.25) is 0 Å². The van der Waals surface area contributed by atoms with Crippen LogP contribution in [0.25, 0.3) is 0 Å². The van der Waals surface area contributed by atoms with Crippen LogP contribution in [0.15, 0.2) is 12.1 Å². The monoisotopic (exact) mass is 278 g/mol. The Morgan fingerprint density at radius 3 is 2.60 bits per heavy atom. The molecule has 0 saturated heterocycles. The molecular formula is C16H26N2O2. The van der Waals surface area contributed by atoms with Crippen LogP contribution in [0.4, 0.5) is 5.69 Å². The first kappa shape index (κ1) is 16.5. The molecular weight excluding hydrogens is 252 g/mol. The molecule has 0 unspecified atom stereocenters. The van der Waals surface area contributed by atoms with Gasteiger partial charge in [0.2, 0.25) is 0 Å². The van der Waals surface area contributed by atoms with E-state index < -0.39 is 0 Å². The fourth-order valence-corrected chi connectivity index (χ4v) is 1.93. The molecule has 1 amide bonds. The van der Waals surface area contributed by atoms with Gasteiger partial charge in [0.25, 0.3) is 5.91 Å². The number of ether oxygens (including phenoxy) is 1. The molecule has 0 atom stereocenters. The van der Waals surface area contributed by atoms with Crippen molar-refractivity contribution in [3.8, 4) is 0 Å². The Labute approximate surface area is 121 Å². The van der Waals surface area contributed by atoms with E-state index in [1.165, 1.54) is 0 Å². The van der Waals surface area contributed by atoms with E-state index in [4.69, 9.17) is 10.5 Å². The first-order chi connectivity index (χ1) is 9.56. The van der Waals surface area contributed by atoms with Crippen LogP contribution >= 0.6 is 0 Å². The summed E-state index contributed by atoms with van der Waals surface area (Å²) >= 11 is 0. The lowest BCUT2D eigenvalue weighted by atomic mass is 10.0. The van der Waals surface area contributed by atoms with E-state index in [1.54, 1.807) is 6.07 Å². The standard InChI is InChI=1S/C16H26N2O2/c1-4-5-8-20-9-6-7-18-16(19)14-11-15(17)13(3)10-12(14)2/h10-11H,4-9,17H2,1-3H3,(H,18,19). The van der Waals surface area contributed by atoms with Crippen LogP contribution in [0.1, 0.15) is 47.7 Å².